The van der Waals surface area contributed by atoms with Crippen LogP contribution in [0.25, 0.3) is 0 Å². The molecule has 1 aliphatic rings. The summed E-state index contributed by atoms with van der Waals surface area (Å²) in [6.07, 6.45) is 0.134. The van der Waals surface area contributed by atoms with Gasteiger partial charge in [0.05, 0.1) is 6.10 Å². The molecule has 27 heavy (non-hydrogen) atoms. The van der Waals surface area contributed by atoms with Crippen LogP contribution in [0.2, 0.25) is 5.02 Å². The van der Waals surface area contributed by atoms with E-state index < -0.39 is 0 Å². The third-order valence-corrected chi connectivity index (χ3v) is 4.71. The Hall–Kier alpha value is -2.24. The first kappa shape index (κ1) is 19.5. The van der Waals surface area contributed by atoms with E-state index in [2.05, 4.69) is 10.2 Å². The standard InChI is InChI=1S/C21H26ClN3O2/c1-16(2)27-20-9-7-19(8-10-20)23-21(26)25-13-11-24(12-14-25)15-17-3-5-18(22)6-4-17/h3-10,16H,11-15H2,1-2H3,(H,23,26). The molecular formula is C21H26ClN3O2. The second-order valence-electron chi connectivity index (χ2n) is 7.01. The number of halogens is 1. The Balaban J connectivity index is 1.46. The molecule has 0 atom stereocenters. The average Bonchev–Trinajstić information content (AvgIpc) is 2.65. The minimum absolute atomic E-state index is 0.0568. The van der Waals surface area contributed by atoms with Crippen molar-refractivity contribution in [2.75, 3.05) is 31.5 Å². The van der Waals surface area contributed by atoms with Crippen molar-refractivity contribution < 1.29 is 9.53 Å². The summed E-state index contributed by atoms with van der Waals surface area (Å²) >= 11 is 5.93. The zero-order valence-corrected chi connectivity index (χ0v) is 16.6. The van der Waals surface area contributed by atoms with Gasteiger partial charge in [0, 0.05) is 43.4 Å². The molecule has 1 aliphatic heterocycles. The van der Waals surface area contributed by atoms with Gasteiger partial charge in [0.1, 0.15) is 5.75 Å². The molecule has 0 bridgehead atoms. The van der Waals surface area contributed by atoms with Crippen molar-refractivity contribution in [2.45, 2.75) is 26.5 Å². The fourth-order valence-corrected chi connectivity index (χ4v) is 3.17. The second kappa shape index (κ2) is 9.11. The van der Waals surface area contributed by atoms with Crippen molar-refractivity contribution >= 4 is 23.3 Å². The van der Waals surface area contributed by atoms with Gasteiger partial charge in [0.2, 0.25) is 0 Å². The van der Waals surface area contributed by atoms with Crippen LogP contribution in [0.15, 0.2) is 48.5 Å². The van der Waals surface area contributed by atoms with Gasteiger partial charge in [-0.3, -0.25) is 4.90 Å². The highest BCUT2D eigenvalue weighted by Gasteiger charge is 2.21. The number of benzene rings is 2. The van der Waals surface area contributed by atoms with Gasteiger partial charge in [-0.1, -0.05) is 23.7 Å². The third kappa shape index (κ3) is 5.88. The van der Waals surface area contributed by atoms with E-state index in [1.54, 1.807) is 0 Å². The van der Waals surface area contributed by atoms with Crippen LogP contribution < -0.4 is 10.1 Å². The fraction of sp³-hybridized carbons (Fsp3) is 0.381. The molecular weight excluding hydrogens is 362 g/mol. The van der Waals surface area contributed by atoms with Gasteiger partial charge in [-0.2, -0.15) is 0 Å². The molecule has 2 amide bonds. The highest BCUT2D eigenvalue weighted by Crippen LogP contribution is 2.18. The van der Waals surface area contributed by atoms with Gasteiger partial charge in [0.25, 0.3) is 0 Å². The molecule has 0 spiro atoms. The van der Waals surface area contributed by atoms with Crippen LogP contribution in [0.3, 0.4) is 0 Å². The number of nitrogens with zero attached hydrogens (tertiary/aromatic N) is 2. The van der Waals surface area contributed by atoms with Gasteiger partial charge < -0.3 is 15.0 Å². The topological polar surface area (TPSA) is 44.8 Å². The van der Waals surface area contributed by atoms with E-state index in [0.29, 0.717) is 13.1 Å². The summed E-state index contributed by atoms with van der Waals surface area (Å²) in [5, 5.41) is 3.71. The molecule has 2 aromatic rings. The molecule has 1 heterocycles. The number of ether oxygens (including phenoxy) is 1. The van der Waals surface area contributed by atoms with Crippen molar-refractivity contribution in [3.63, 3.8) is 0 Å². The van der Waals surface area contributed by atoms with Gasteiger partial charge in [-0.15, -0.1) is 0 Å². The lowest BCUT2D eigenvalue weighted by molar-refractivity contribution is 0.143. The first-order valence-corrected chi connectivity index (χ1v) is 9.67. The molecule has 144 valence electrons. The number of anilines is 1. The van der Waals surface area contributed by atoms with Crippen LogP contribution in [0.4, 0.5) is 10.5 Å². The van der Waals surface area contributed by atoms with E-state index in [-0.39, 0.29) is 12.1 Å². The van der Waals surface area contributed by atoms with E-state index in [0.717, 1.165) is 36.1 Å². The molecule has 0 aromatic heterocycles. The summed E-state index contributed by atoms with van der Waals surface area (Å²) in [7, 11) is 0. The lowest BCUT2D eigenvalue weighted by atomic mass is 10.2. The first-order valence-electron chi connectivity index (χ1n) is 9.29. The molecule has 3 rings (SSSR count). The molecule has 5 nitrogen and oxygen atoms in total. The van der Waals surface area contributed by atoms with Crippen molar-refractivity contribution in [3.8, 4) is 5.75 Å². The number of carbonyl (C=O) groups excluding carboxylic acids is 1. The Morgan fingerprint density at radius 1 is 1.04 bits per heavy atom. The largest absolute Gasteiger partial charge is 0.491 e. The van der Waals surface area contributed by atoms with Crippen LogP contribution in [0.1, 0.15) is 19.4 Å². The second-order valence-corrected chi connectivity index (χ2v) is 7.45. The maximum atomic E-state index is 12.5. The number of carbonyl (C=O) groups is 1. The van der Waals surface area contributed by atoms with Crippen molar-refractivity contribution in [1.29, 1.82) is 0 Å². The minimum atomic E-state index is -0.0568. The molecule has 6 heteroatoms. The summed E-state index contributed by atoms with van der Waals surface area (Å²) < 4.78 is 5.62. The number of urea groups is 1. The van der Waals surface area contributed by atoms with Crippen LogP contribution in [0, 0.1) is 0 Å². The summed E-state index contributed by atoms with van der Waals surface area (Å²) in [4.78, 5) is 16.7. The number of hydrogen-bond donors (Lipinski definition) is 1. The minimum Gasteiger partial charge on any atom is -0.491 e. The number of piperazine rings is 1. The van der Waals surface area contributed by atoms with Crippen molar-refractivity contribution in [1.82, 2.24) is 9.80 Å². The number of amides is 2. The van der Waals surface area contributed by atoms with Crippen LogP contribution in [0.5, 0.6) is 5.75 Å². The van der Waals surface area contributed by atoms with Crippen molar-refractivity contribution in [2.24, 2.45) is 0 Å². The number of hydrogen-bond acceptors (Lipinski definition) is 3. The summed E-state index contributed by atoms with van der Waals surface area (Å²) in [5.41, 5.74) is 2.01. The highest BCUT2D eigenvalue weighted by atomic mass is 35.5. The van der Waals surface area contributed by atoms with Crippen LogP contribution >= 0.6 is 11.6 Å². The zero-order chi connectivity index (χ0) is 19.2. The van der Waals surface area contributed by atoms with Gasteiger partial charge >= 0.3 is 6.03 Å². The normalized spacial score (nSPS) is 15.0. The Labute approximate surface area is 165 Å². The van der Waals surface area contributed by atoms with E-state index in [1.807, 2.05) is 67.3 Å². The maximum absolute atomic E-state index is 12.5. The molecule has 1 fully saturated rings. The Morgan fingerprint density at radius 3 is 2.26 bits per heavy atom. The zero-order valence-electron chi connectivity index (χ0n) is 15.8. The van der Waals surface area contributed by atoms with E-state index >= 15 is 0 Å². The van der Waals surface area contributed by atoms with Crippen LogP contribution in [-0.2, 0) is 6.54 Å². The van der Waals surface area contributed by atoms with E-state index in [4.69, 9.17) is 16.3 Å². The molecule has 2 aromatic carbocycles. The third-order valence-electron chi connectivity index (χ3n) is 4.46. The number of rotatable bonds is 5. The lowest BCUT2D eigenvalue weighted by Crippen LogP contribution is -2.49. The van der Waals surface area contributed by atoms with E-state index in [9.17, 15) is 4.79 Å². The molecule has 0 saturated carbocycles. The van der Waals surface area contributed by atoms with Crippen LogP contribution in [-0.4, -0.2) is 48.1 Å². The van der Waals surface area contributed by atoms with Crippen molar-refractivity contribution in [3.05, 3.63) is 59.1 Å². The monoisotopic (exact) mass is 387 g/mol. The molecule has 0 aliphatic carbocycles. The lowest BCUT2D eigenvalue weighted by Gasteiger charge is -2.34. The Bertz CT molecular complexity index is 739. The van der Waals surface area contributed by atoms with E-state index in [1.165, 1.54) is 5.56 Å². The Kier molecular flexibility index (Phi) is 6.58. The Morgan fingerprint density at radius 2 is 1.67 bits per heavy atom. The predicted octanol–water partition coefficient (Wildman–Crippen LogP) is 4.48. The predicted molar refractivity (Wildman–Crippen MR) is 110 cm³/mol. The molecule has 1 saturated heterocycles. The summed E-state index contributed by atoms with van der Waals surface area (Å²) in [5.74, 6) is 0.804. The maximum Gasteiger partial charge on any atom is 0.321 e. The smallest absolute Gasteiger partial charge is 0.321 e. The summed E-state index contributed by atoms with van der Waals surface area (Å²) in [6.45, 7) is 8.00. The van der Waals surface area contributed by atoms with Gasteiger partial charge in [0.15, 0.2) is 0 Å². The summed E-state index contributed by atoms with van der Waals surface area (Å²) in [6, 6.07) is 15.4. The molecule has 1 N–H and O–H groups in total. The average molecular weight is 388 g/mol. The number of nitrogens with one attached hydrogen (secondary N) is 1. The fourth-order valence-electron chi connectivity index (χ4n) is 3.05. The molecule has 0 radical (unpaired) electrons. The molecule has 0 unspecified atom stereocenters. The first-order chi connectivity index (χ1) is 13.0. The van der Waals surface area contributed by atoms with Gasteiger partial charge in [-0.25, -0.2) is 4.79 Å². The quantitative estimate of drug-likeness (QED) is 0.822. The SMILES string of the molecule is CC(C)Oc1ccc(NC(=O)N2CCN(Cc3ccc(Cl)cc3)CC2)cc1. The van der Waals surface area contributed by atoms with Gasteiger partial charge in [-0.05, 0) is 55.8 Å². The highest BCUT2D eigenvalue weighted by molar-refractivity contribution is 6.30.